The molecule has 1 aliphatic heterocycles. The molecule has 0 fully saturated rings. The van der Waals surface area contributed by atoms with E-state index in [9.17, 15) is 0 Å². The van der Waals surface area contributed by atoms with Gasteiger partial charge in [0.25, 0.3) is 0 Å². The maximum Gasteiger partial charge on any atom is 0.164 e. The van der Waals surface area contributed by atoms with Crippen LogP contribution in [0.4, 0.5) is 0 Å². The Morgan fingerprint density at radius 1 is 0.529 bits per heavy atom. The number of nitrogens with zero attached hydrogens (tertiary/aromatic N) is 3. The zero-order valence-electron chi connectivity index (χ0n) is 28.1. The van der Waals surface area contributed by atoms with Gasteiger partial charge < -0.3 is 4.74 Å². The van der Waals surface area contributed by atoms with Crippen LogP contribution >= 0.6 is 0 Å². The Bertz CT molecular complexity index is 2470. The first-order valence-electron chi connectivity index (χ1n) is 17.1. The molecule has 7 aromatic rings. The summed E-state index contributed by atoms with van der Waals surface area (Å²) in [6.45, 7) is 6.52. The molecule has 242 valence electrons. The van der Waals surface area contributed by atoms with Crippen LogP contribution < -0.4 is 4.74 Å². The summed E-state index contributed by atoms with van der Waals surface area (Å²) in [5, 5.41) is 0. The number of ether oxygens (including phenoxy) is 1. The molecule has 1 aliphatic carbocycles. The molecule has 0 unspecified atom stereocenters. The molecule has 2 aliphatic rings. The van der Waals surface area contributed by atoms with Crippen molar-refractivity contribution in [3.05, 3.63) is 210 Å². The van der Waals surface area contributed by atoms with Gasteiger partial charge in [0.2, 0.25) is 0 Å². The normalized spacial score (nSPS) is 14.0. The molecule has 1 spiro atoms. The Hall–Kier alpha value is -6.65. The molecule has 0 N–H and O–H groups in total. The number of rotatable bonds is 6. The third-order valence-electron chi connectivity index (χ3n) is 10.0. The van der Waals surface area contributed by atoms with Gasteiger partial charge in [-0.05, 0) is 58.5 Å². The van der Waals surface area contributed by atoms with Gasteiger partial charge in [-0.25, -0.2) is 15.0 Å². The van der Waals surface area contributed by atoms with Crippen molar-refractivity contribution >= 4 is 11.1 Å². The average Bonchev–Trinajstić information content (AvgIpc) is 3.44. The lowest BCUT2D eigenvalue weighted by Crippen LogP contribution is -2.32. The van der Waals surface area contributed by atoms with Gasteiger partial charge in [-0.3, -0.25) is 0 Å². The molecule has 9 rings (SSSR count). The predicted octanol–water partition coefficient (Wildman–Crippen LogP) is 11.4. The highest BCUT2D eigenvalue weighted by molar-refractivity contribution is 5.91. The van der Waals surface area contributed by atoms with Crippen LogP contribution in [-0.2, 0) is 5.41 Å². The van der Waals surface area contributed by atoms with Crippen molar-refractivity contribution in [3.8, 4) is 45.4 Å². The number of hydrogen-bond donors (Lipinski definition) is 0. The van der Waals surface area contributed by atoms with Gasteiger partial charge in [-0.2, -0.15) is 0 Å². The van der Waals surface area contributed by atoms with Crippen LogP contribution in [0.5, 0.6) is 11.5 Å². The minimum absolute atomic E-state index is 0.557. The third kappa shape index (κ3) is 4.95. The van der Waals surface area contributed by atoms with Crippen molar-refractivity contribution in [2.75, 3.05) is 0 Å². The minimum atomic E-state index is -0.619. The molecule has 1 aromatic heterocycles. The zero-order valence-corrected chi connectivity index (χ0v) is 28.1. The first-order valence-corrected chi connectivity index (χ1v) is 17.1. The average molecular weight is 656 g/mol. The van der Waals surface area contributed by atoms with E-state index in [0.29, 0.717) is 17.5 Å². The van der Waals surface area contributed by atoms with E-state index >= 15 is 0 Å². The van der Waals surface area contributed by atoms with Gasteiger partial charge in [-0.15, -0.1) is 0 Å². The van der Waals surface area contributed by atoms with Crippen molar-refractivity contribution in [2.24, 2.45) is 0 Å². The van der Waals surface area contributed by atoms with Crippen molar-refractivity contribution in [1.29, 1.82) is 0 Å². The highest BCUT2D eigenvalue weighted by Crippen LogP contribution is 2.61. The number of benzene rings is 6. The van der Waals surface area contributed by atoms with Crippen LogP contribution in [0.3, 0.4) is 0 Å². The van der Waals surface area contributed by atoms with Gasteiger partial charge in [0, 0.05) is 27.8 Å². The molecule has 6 aromatic carbocycles. The van der Waals surface area contributed by atoms with Crippen molar-refractivity contribution < 1.29 is 4.74 Å². The fourth-order valence-electron chi connectivity index (χ4n) is 7.66. The molecule has 0 bridgehead atoms. The Balaban J connectivity index is 1.26. The van der Waals surface area contributed by atoms with E-state index in [1.165, 1.54) is 16.7 Å². The lowest BCUT2D eigenvalue weighted by molar-refractivity contribution is 0.436. The summed E-state index contributed by atoms with van der Waals surface area (Å²) < 4.78 is 6.55. The van der Waals surface area contributed by atoms with Gasteiger partial charge in [0.05, 0.1) is 5.41 Å². The van der Waals surface area contributed by atoms with Gasteiger partial charge in [-0.1, -0.05) is 158 Å². The summed E-state index contributed by atoms with van der Waals surface area (Å²) in [5.41, 5.74) is 11.3. The predicted molar refractivity (Wildman–Crippen MR) is 206 cm³/mol. The third-order valence-corrected chi connectivity index (χ3v) is 10.0. The largest absolute Gasteiger partial charge is 0.457 e. The lowest BCUT2D eigenvalue weighted by Gasteiger charge is -2.40. The molecule has 51 heavy (non-hydrogen) atoms. The van der Waals surface area contributed by atoms with Gasteiger partial charge >= 0.3 is 0 Å². The Morgan fingerprint density at radius 3 is 1.61 bits per heavy atom. The SMILES string of the molecule is C=C/C(=C\C1=C(C)c2ccccc2C12c1ccccc1Oc1ccccc12)c1nc(-c2ccccc2)nc(-c2ccc(-c3ccccc3)cc2)n1. The Kier molecular flexibility index (Phi) is 7.36. The van der Waals surface area contributed by atoms with Crippen molar-refractivity contribution in [1.82, 2.24) is 15.0 Å². The maximum absolute atomic E-state index is 6.55. The second-order valence-electron chi connectivity index (χ2n) is 12.8. The molecule has 0 saturated heterocycles. The maximum atomic E-state index is 6.55. The molecule has 4 nitrogen and oxygen atoms in total. The molecule has 0 atom stereocenters. The Morgan fingerprint density at radius 2 is 1.00 bits per heavy atom. The molecule has 0 saturated carbocycles. The highest BCUT2D eigenvalue weighted by atomic mass is 16.5. The fraction of sp³-hybridized carbons (Fsp3) is 0.0426. The van der Waals surface area contributed by atoms with Crippen LogP contribution in [0.1, 0.15) is 35.0 Å². The summed E-state index contributed by atoms with van der Waals surface area (Å²) in [4.78, 5) is 15.2. The molecule has 0 amide bonds. The number of allylic oxidation sites excluding steroid dienone is 5. The first kappa shape index (κ1) is 30.4. The van der Waals surface area contributed by atoms with Crippen LogP contribution in [0.25, 0.3) is 45.0 Å². The van der Waals surface area contributed by atoms with Gasteiger partial charge in [0.1, 0.15) is 11.5 Å². The van der Waals surface area contributed by atoms with E-state index in [0.717, 1.165) is 56.0 Å². The summed E-state index contributed by atoms with van der Waals surface area (Å²) in [6, 6.07) is 54.3. The van der Waals surface area contributed by atoms with Crippen molar-refractivity contribution in [3.63, 3.8) is 0 Å². The topological polar surface area (TPSA) is 47.9 Å². The fourth-order valence-corrected chi connectivity index (χ4v) is 7.66. The summed E-state index contributed by atoms with van der Waals surface area (Å²) in [7, 11) is 0. The second-order valence-corrected chi connectivity index (χ2v) is 12.8. The van der Waals surface area contributed by atoms with E-state index in [2.05, 4.69) is 129 Å². The number of para-hydroxylation sites is 2. The van der Waals surface area contributed by atoms with Crippen LogP contribution in [0.2, 0.25) is 0 Å². The summed E-state index contributed by atoms with van der Waals surface area (Å²) >= 11 is 0. The molecular formula is C47H33N3O. The molecular weight excluding hydrogens is 623 g/mol. The van der Waals surface area contributed by atoms with Crippen LogP contribution in [0, 0.1) is 0 Å². The number of fused-ring (bicyclic) bond motifs is 6. The number of hydrogen-bond acceptors (Lipinski definition) is 4. The second kappa shape index (κ2) is 12.3. The molecule has 4 heteroatoms. The summed E-state index contributed by atoms with van der Waals surface area (Å²) in [5.74, 6) is 3.45. The quantitative estimate of drug-likeness (QED) is 0.167. The lowest BCUT2D eigenvalue weighted by atomic mass is 9.65. The van der Waals surface area contributed by atoms with E-state index in [-0.39, 0.29) is 0 Å². The highest BCUT2D eigenvalue weighted by Gasteiger charge is 2.51. The Labute approximate surface area is 297 Å². The molecule has 2 heterocycles. The van der Waals surface area contributed by atoms with E-state index in [4.69, 9.17) is 19.7 Å². The van der Waals surface area contributed by atoms with E-state index < -0.39 is 5.41 Å². The zero-order chi connectivity index (χ0) is 34.4. The monoisotopic (exact) mass is 655 g/mol. The first-order chi connectivity index (χ1) is 25.1. The van der Waals surface area contributed by atoms with E-state index in [1.54, 1.807) is 0 Å². The van der Waals surface area contributed by atoms with Gasteiger partial charge in [0.15, 0.2) is 17.5 Å². The summed E-state index contributed by atoms with van der Waals surface area (Å²) in [6.07, 6.45) is 4.09. The van der Waals surface area contributed by atoms with E-state index in [1.807, 2.05) is 54.6 Å². The minimum Gasteiger partial charge on any atom is -0.457 e. The van der Waals surface area contributed by atoms with Crippen LogP contribution in [-0.4, -0.2) is 15.0 Å². The van der Waals surface area contributed by atoms with Crippen molar-refractivity contribution in [2.45, 2.75) is 12.3 Å². The standard InChI is InChI=1S/C47H33N3O/c1-3-32(44-48-45(35-18-8-5-9-19-35)50-46(49-44)36-28-26-34(27-29-36)33-16-6-4-7-17-33)30-41-31(2)37-20-10-11-21-38(37)47(41)39-22-12-14-24-42(39)51-43-25-15-13-23-40(43)47/h3-30H,1H2,2H3/b32-30+. The smallest absolute Gasteiger partial charge is 0.164 e. The van der Waals surface area contributed by atoms with Crippen LogP contribution in [0.15, 0.2) is 182 Å². The molecule has 0 radical (unpaired) electrons. The number of aromatic nitrogens is 3.